The van der Waals surface area contributed by atoms with Gasteiger partial charge in [0.25, 0.3) is 5.91 Å². The number of carbonyl (C=O) groups excluding carboxylic acids is 1. The Kier molecular flexibility index (Phi) is 3.29. The van der Waals surface area contributed by atoms with Gasteiger partial charge in [0.1, 0.15) is 6.10 Å². The van der Waals surface area contributed by atoms with Crippen LogP contribution < -0.4 is 14.8 Å². The van der Waals surface area contributed by atoms with E-state index in [4.69, 9.17) is 9.47 Å². The Balaban J connectivity index is 1.78. The summed E-state index contributed by atoms with van der Waals surface area (Å²) in [5.74, 6) is 1.48. The summed E-state index contributed by atoms with van der Waals surface area (Å²) in [5, 5.41) is 9.68. The van der Waals surface area contributed by atoms with Crippen molar-refractivity contribution in [2.45, 2.75) is 33.0 Å². The van der Waals surface area contributed by atoms with Crippen LogP contribution >= 0.6 is 0 Å². The quantitative estimate of drug-likeness (QED) is 0.887. The van der Waals surface area contributed by atoms with Crippen LogP contribution in [0.3, 0.4) is 0 Å². The number of anilines is 1. The lowest BCUT2D eigenvalue weighted by molar-refractivity contribution is -0.128. The van der Waals surface area contributed by atoms with E-state index in [0.717, 1.165) is 11.3 Å². The van der Waals surface area contributed by atoms with Crippen LogP contribution in [0.4, 0.5) is 5.82 Å². The first-order valence-electron chi connectivity index (χ1n) is 6.81. The van der Waals surface area contributed by atoms with Crippen LogP contribution in [-0.2, 0) is 4.79 Å². The molecule has 6 heteroatoms. The molecule has 0 fully saturated rings. The van der Waals surface area contributed by atoms with Gasteiger partial charge in [0.15, 0.2) is 17.3 Å². The minimum atomic E-state index is -0.712. The van der Waals surface area contributed by atoms with Crippen LogP contribution in [0.1, 0.15) is 18.2 Å². The molecule has 2 aromatic rings. The fourth-order valence-corrected chi connectivity index (χ4v) is 2.20. The van der Waals surface area contributed by atoms with Crippen molar-refractivity contribution in [3.63, 3.8) is 0 Å². The molecule has 1 aromatic heterocycles. The van der Waals surface area contributed by atoms with Crippen molar-refractivity contribution in [3.8, 4) is 11.5 Å². The third-order valence-corrected chi connectivity index (χ3v) is 3.60. The number of hydrogen-bond donors (Lipinski definition) is 2. The fourth-order valence-electron chi connectivity index (χ4n) is 2.20. The molecule has 1 amide bonds. The van der Waals surface area contributed by atoms with Gasteiger partial charge in [0, 0.05) is 11.3 Å². The predicted octanol–water partition coefficient (Wildman–Crippen LogP) is 2.19. The average Bonchev–Trinajstić information content (AvgIpc) is 2.78. The first-order valence-corrected chi connectivity index (χ1v) is 6.81. The molecule has 1 aliphatic rings. The van der Waals surface area contributed by atoms with Gasteiger partial charge in [-0.2, -0.15) is 5.10 Å². The second-order valence-corrected chi connectivity index (χ2v) is 5.12. The SMILES string of the molecule is Cc1[nH]nc(NC(=O)C2Oc3ccccc3OC2C)c1C. The maximum absolute atomic E-state index is 12.4. The minimum absolute atomic E-state index is 0.272. The summed E-state index contributed by atoms with van der Waals surface area (Å²) in [5.41, 5.74) is 1.83. The predicted molar refractivity (Wildman–Crippen MR) is 77.6 cm³/mol. The molecule has 2 unspecified atom stereocenters. The molecule has 0 radical (unpaired) electrons. The van der Waals surface area contributed by atoms with E-state index in [1.54, 1.807) is 6.07 Å². The van der Waals surface area contributed by atoms with Crippen molar-refractivity contribution in [1.29, 1.82) is 0 Å². The van der Waals surface area contributed by atoms with E-state index in [-0.39, 0.29) is 12.0 Å². The number of rotatable bonds is 2. The molecule has 0 saturated carbocycles. The number of aromatic amines is 1. The number of H-pyrrole nitrogens is 1. The van der Waals surface area contributed by atoms with Gasteiger partial charge in [-0.15, -0.1) is 0 Å². The molecule has 1 aliphatic heterocycles. The zero-order valence-electron chi connectivity index (χ0n) is 12.1. The number of nitrogens with one attached hydrogen (secondary N) is 2. The van der Waals surface area contributed by atoms with Gasteiger partial charge in [-0.05, 0) is 32.9 Å². The molecule has 3 rings (SSSR count). The summed E-state index contributed by atoms with van der Waals surface area (Å²) in [4.78, 5) is 12.4. The summed E-state index contributed by atoms with van der Waals surface area (Å²) in [7, 11) is 0. The third-order valence-electron chi connectivity index (χ3n) is 3.60. The summed E-state index contributed by atoms with van der Waals surface area (Å²) in [6, 6.07) is 7.31. The van der Waals surface area contributed by atoms with Crippen LogP contribution in [-0.4, -0.2) is 28.3 Å². The molecule has 2 heterocycles. The number of nitrogens with zero attached hydrogens (tertiary/aromatic N) is 1. The highest BCUT2D eigenvalue weighted by Gasteiger charge is 2.34. The Bertz CT molecular complexity index is 681. The maximum atomic E-state index is 12.4. The first-order chi connectivity index (χ1) is 10.1. The van der Waals surface area contributed by atoms with Crippen LogP contribution in [0.5, 0.6) is 11.5 Å². The van der Waals surface area contributed by atoms with Gasteiger partial charge in [0.05, 0.1) is 0 Å². The van der Waals surface area contributed by atoms with Crippen LogP contribution in [0.15, 0.2) is 24.3 Å². The molecule has 0 bridgehead atoms. The van der Waals surface area contributed by atoms with Gasteiger partial charge in [-0.3, -0.25) is 9.89 Å². The van der Waals surface area contributed by atoms with E-state index in [2.05, 4.69) is 15.5 Å². The van der Waals surface area contributed by atoms with Gasteiger partial charge >= 0.3 is 0 Å². The smallest absolute Gasteiger partial charge is 0.270 e. The lowest BCUT2D eigenvalue weighted by atomic mass is 10.1. The number of fused-ring (bicyclic) bond motifs is 1. The fraction of sp³-hybridized carbons (Fsp3) is 0.333. The molecule has 2 atom stereocenters. The van der Waals surface area contributed by atoms with Crippen molar-refractivity contribution in [3.05, 3.63) is 35.5 Å². The second kappa shape index (κ2) is 5.12. The lowest BCUT2D eigenvalue weighted by Gasteiger charge is -2.30. The molecule has 1 aromatic carbocycles. The second-order valence-electron chi connectivity index (χ2n) is 5.12. The van der Waals surface area contributed by atoms with E-state index >= 15 is 0 Å². The van der Waals surface area contributed by atoms with Crippen molar-refractivity contribution in [2.24, 2.45) is 0 Å². The van der Waals surface area contributed by atoms with E-state index in [1.807, 2.05) is 39.0 Å². The molecule has 21 heavy (non-hydrogen) atoms. The summed E-state index contributed by atoms with van der Waals surface area (Å²) in [6.45, 7) is 5.60. The highest BCUT2D eigenvalue weighted by atomic mass is 16.6. The highest BCUT2D eigenvalue weighted by Crippen LogP contribution is 2.33. The Labute approximate surface area is 122 Å². The minimum Gasteiger partial charge on any atom is -0.482 e. The maximum Gasteiger partial charge on any atom is 0.270 e. The lowest BCUT2D eigenvalue weighted by Crippen LogP contribution is -2.46. The largest absolute Gasteiger partial charge is 0.482 e. The van der Waals surface area contributed by atoms with Gasteiger partial charge in [-0.1, -0.05) is 12.1 Å². The number of carbonyl (C=O) groups is 1. The van der Waals surface area contributed by atoms with Crippen molar-refractivity contribution >= 4 is 11.7 Å². The molecule has 6 nitrogen and oxygen atoms in total. The molecule has 0 spiro atoms. The van der Waals surface area contributed by atoms with E-state index in [0.29, 0.717) is 17.3 Å². The molecule has 0 aliphatic carbocycles. The standard InChI is InChI=1S/C15H17N3O3/c1-8-9(2)17-18-14(8)16-15(19)13-10(3)20-11-6-4-5-7-12(11)21-13/h4-7,10,13H,1-3H3,(H2,16,17,18,19). The zero-order valence-corrected chi connectivity index (χ0v) is 12.1. The first kappa shape index (κ1) is 13.5. The number of para-hydroxylation sites is 2. The van der Waals surface area contributed by atoms with Gasteiger partial charge in [0.2, 0.25) is 6.10 Å². The normalized spacial score (nSPS) is 20.1. The average molecular weight is 287 g/mol. The Morgan fingerprint density at radius 3 is 2.52 bits per heavy atom. The van der Waals surface area contributed by atoms with Crippen molar-refractivity contribution in [1.82, 2.24) is 10.2 Å². The topological polar surface area (TPSA) is 76.2 Å². The van der Waals surface area contributed by atoms with Gasteiger partial charge in [-0.25, -0.2) is 0 Å². The highest BCUT2D eigenvalue weighted by molar-refractivity contribution is 5.94. The number of amides is 1. The van der Waals surface area contributed by atoms with Crippen LogP contribution in [0.2, 0.25) is 0 Å². The molecule has 0 saturated heterocycles. The van der Waals surface area contributed by atoms with E-state index in [1.165, 1.54) is 0 Å². The van der Waals surface area contributed by atoms with E-state index < -0.39 is 6.10 Å². The third kappa shape index (κ3) is 2.44. The Morgan fingerprint density at radius 2 is 1.90 bits per heavy atom. The van der Waals surface area contributed by atoms with Crippen molar-refractivity contribution < 1.29 is 14.3 Å². The van der Waals surface area contributed by atoms with Crippen LogP contribution in [0, 0.1) is 13.8 Å². The summed E-state index contributed by atoms with van der Waals surface area (Å²) in [6.07, 6.45) is -1.09. The number of aryl methyl sites for hydroxylation is 1. The number of benzene rings is 1. The molecule has 2 N–H and O–H groups in total. The molecule has 110 valence electrons. The zero-order chi connectivity index (χ0) is 15.0. The molecular weight excluding hydrogens is 270 g/mol. The van der Waals surface area contributed by atoms with Crippen LogP contribution in [0.25, 0.3) is 0 Å². The number of ether oxygens (including phenoxy) is 2. The van der Waals surface area contributed by atoms with E-state index in [9.17, 15) is 4.79 Å². The number of hydrogen-bond acceptors (Lipinski definition) is 4. The molecular formula is C15H17N3O3. The summed E-state index contributed by atoms with van der Waals surface area (Å²) < 4.78 is 11.5. The Morgan fingerprint density at radius 1 is 1.24 bits per heavy atom. The number of aromatic nitrogens is 2. The summed E-state index contributed by atoms with van der Waals surface area (Å²) >= 11 is 0. The van der Waals surface area contributed by atoms with Crippen molar-refractivity contribution in [2.75, 3.05) is 5.32 Å². The monoisotopic (exact) mass is 287 g/mol. The van der Waals surface area contributed by atoms with Gasteiger partial charge < -0.3 is 14.8 Å². The Hall–Kier alpha value is -2.50.